The Morgan fingerprint density at radius 1 is 1.02 bits per heavy atom. The number of likely N-dealkylation sites (tertiary alicyclic amines) is 1. The second-order valence-corrected chi connectivity index (χ2v) is 13.3. The van der Waals surface area contributed by atoms with E-state index in [2.05, 4.69) is 5.32 Å². The molecule has 1 aromatic rings. The number of nitrogens with two attached hydrogens (primary N) is 1. The predicted molar refractivity (Wildman–Crippen MR) is 184 cm³/mol. The van der Waals surface area contributed by atoms with E-state index in [-0.39, 0.29) is 60.6 Å². The number of ether oxygens (including phenoxy) is 2. The number of hydrogen-bond donors (Lipinski definition) is 2. The van der Waals surface area contributed by atoms with Crippen molar-refractivity contribution in [2.45, 2.75) is 90.1 Å². The standard InChI is InChI=1S/C35H60N6O6/c1-11-23(2)32(40(8)31(43)22-37-34(44)25(4)38(5)6)29(46-9)21-30(42)41-19-12-13-28(41)33(47-10)24(3)35(45)39(7)20-18-26-14-16-27(36)17-15-26/h14-17,23-25,28-29,32-33H,11-13,18-22,36H2,1-10H3,(H,37,44). The number of nitrogen functional groups attached to an aromatic ring is 1. The van der Waals surface area contributed by atoms with Crippen LogP contribution in [0.25, 0.3) is 0 Å². The maximum absolute atomic E-state index is 13.9. The van der Waals surface area contributed by atoms with Crippen molar-refractivity contribution in [3.63, 3.8) is 0 Å². The molecule has 266 valence electrons. The fourth-order valence-electron chi connectivity index (χ4n) is 6.43. The van der Waals surface area contributed by atoms with E-state index in [0.717, 1.165) is 24.8 Å². The highest BCUT2D eigenvalue weighted by Gasteiger charge is 2.42. The third-order valence-electron chi connectivity index (χ3n) is 9.94. The van der Waals surface area contributed by atoms with Crippen LogP contribution < -0.4 is 11.1 Å². The molecule has 0 bridgehead atoms. The summed E-state index contributed by atoms with van der Waals surface area (Å²) in [6.07, 6.45) is 2.04. The smallest absolute Gasteiger partial charge is 0.242 e. The van der Waals surface area contributed by atoms with Gasteiger partial charge in [-0.15, -0.1) is 0 Å². The molecule has 1 saturated heterocycles. The van der Waals surface area contributed by atoms with E-state index in [0.29, 0.717) is 25.2 Å². The van der Waals surface area contributed by atoms with Crippen LogP contribution in [0.1, 0.15) is 58.9 Å². The molecule has 1 aliphatic heterocycles. The highest BCUT2D eigenvalue weighted by molar-refractivity contribution is 5.87. The van der Waals surface area contributed by atoms with Crippen molar-refractivity contribution in [1.82, 2.24) is 24.9 Å². The number of benzene rings is 1. The number of amides is 4. The van der Waals surface area contributed by atoms with Gasteiger partial charge in [0.15, 0.2) is 0 Å². The van der Waals surface area contributed by atoms with Gasteiger partial charge in [0.05, 0.1) is 49.2 Å². The van der Waals surface area contributed by atoms with Crippen molar-refractivity contribution in [2.24, 2.45) is 11.8 Å². The van der Waals surface area contributed by atoms with Crippen LogP contribution in [0, 0.1) is 11.8 Å². The van der Waals surface area contributed by atoms with Gasteiger partial charge in [-0.3, -0.25) is 24.1 Å². The second kappa shape index (κ2) is 18.9. The SMILES string of the molecule is CCC(C)C(C(CC(=O)N1CCCC1C(OC)C(C)C(=O)N(C)CCc1ccc(N)cc1)OC)N(C)C(=O)CNC(=O)C(C)N(C)C. The van der Waals surface area contributed by atoms with Gasteiger partial charge in [0.25, 0.3) is 0 Å². The Balaban J connectivity index is 2.12. The van der Waals surface area contributed by atoms with E-state index in [9.17, 15) is 19.2 Å². The molecule has 12 nitrogen and oxygen atoms in total. The van der Waals surface area contributed by atoms with Gasteiger partial charge in [0.2, 0.25) is 23.6 Å². The van der Waals surface area contributed by atoms with Gasteiger partial charge in [0, 0.05) is 47.1 Å². The van der Waals surface area contributed by atoms with Crippen molar-refractivity contribution in [3.8, 4) is 0 Å². The Bertz CT molecular complexity index is 1160. The fourth-order valence-corrected chi connectivity index (χ4v) is 6.43. The summed E-state index contributed by atoms with van der Waals surface area (Å²) < 4.78 is 11.8. The number of hydrogen-bond acceptors (Lipinski definition) is 8. The monoisotopic (exact) mass is 660 g/mol. The molecule has 2 rings (SSSR count). The summed E-state index contributed by atoms with van der Waals surface area (Å²) in [5, 5.41) is 2.73. The summed E-state index contributed by atoms with van der Waals surface area (Å²) in [6.45, 7) is 8.68. The molecule has 1 heterocycles. The van der Waals surface area contributed by atoms with E-state index in [1.807, 2.05) is 49.9 Å². The van der Waals surface area contributed by atoms with Crippen molar-refractivity contribution in [3.05, 3.63) is 29.8 Å². The van der Waals surface area contributed by atoms with Gasteiger partial charge < -0.3 is 35.2 Å². The topological polar surface area (TPSA) is 138 Å². The average Bonchev–Trinajstić information content (AvgIpc) is 3.55. The number of likely N-dealkylation sites (N-methyl/N-ethyl adjacent to an activating group) is 3. The molecule has 1 fully saturated rings. The molecule has 0 aliphatic carbocycles. The first-order valence-electron chi connectivity index (χ1n) is 16.8. The van der Waals surface area contributed by atoms with Gasteiger partial charge >= 0.3 is 0 Å². The third kappa shape index (κ3) is 10.9. The van der Waals surface area contributed by atoms with Crippen LogP contribution in [0.15, 0.2) is 24.3 Å². The van der Waals surface area contributed by atoms with Crippen molar-refractivity contribution in [2.75, 3.05) is 67.8 Å². The maximum Gasteiger partial charge on any atom is 0.242 e. The Morgan fingerprint density at radius 2 is 1.66 bits per heavy atom. The lowest BCUT2D eigenvalue weighted by molar-refractivity contribution is -0.147. The molecule has 1 aliphatic rings. The average molecular weight is 661 g/mol. The molecule has 0 spiro atoms. The molecule has 3 N–H and O–H groups in total. The Morgan fingerprint density at radius 3 is 2.21 bits per heavy atom. The molecule has 0 aromatic heterocycles. The lowest BCUT2D eigenvalue weighted by atomic mass is 9.90. The van der Waals surface area contributed by atoms with E-state index in [4.69, 9.17) is 15.2 Å². The fraction of sp³-hybridized carbons (Fsp3) is 0.714. The quantitative estimate of drug-likeness (QED) is 0.229. The van der Waals surface area contributed by atoms with Crippen molar-refractivity contribution in [1.29, 1.82) is 0 Å². The molecule has 0 radical (unpaired) electrons. The molecular formula is C35H60N6O6. The minimum Gasteiger partial charge on any atom is -0.399 e. The number of anilines is 1. The lowest BCUT2D eigenvalue weighted by Crippen LogP contribution is -2.54. The van der Waals surface area contributed by atoms with E-state index < -0.39 is 18.1 Å². The van der Waals surface area contributed by atoms with Crippen LogP contribution in [0.3, 0.4) is 0 Å². The normalized spacial score (nSPS) is 18.6. The summed E-state index contributed by atoms with van der Waals surface area (Å²) in [4.78, 5) is 60.1. The minimum atomic E-state index is -0.566. The maximum atomic E-state index is 13.9. The number of methoxy groups -OCH3 is 2. The molecule has 47 heavy (non-hydrogen) atoms. The summed E-state index contributed by atoms with van der Waals surface area (Å²) >= 11 is 0. The summed E-state index contributed by atoms with van der Waals surface area (Å²) in [5.41, 5.74) is 7.60. The van der Waals surface area contributed by atoms with Crippen LogP contribution in [0.5, 0.6) is 0 Å². The van der Waals surface area contributed by atoms with Gasteiger partial charge in [-0.25, -0.2) is 0 Å². The van der Waals surface area contributed by atoms with Gasteiger partial charge in [-0.1, -0.05) is 39.3 Å². The van der Waals surface area contributed by atoms with Crippen molar-refractivity contribution < 1.29 is 28.7 Å². The molecule has 1 aromatic carbocycles. The highest BCUT2D eigenvalue weighted by atomic mass is 16.5. The number of carbonyl (C=O) groups is 4. The van der Waals surface area contributed by atoms with E-state index in [1.165, 1.54) is 0 Å². The highest BCUT2D eigenvalue weighted by Crippen LogP contribution is 2.29. The zero-order valence-electron chi connectivity index (χ0n) is 30.3. The zero-order chi connectivity index (χ0) is 35.4. The Kier molecular flexibility index (Phi) is 16.1. The van der Waals surface area contributed by atoms with Crippen LogP contribution in [0.2, 0.25) is 0 Å². The van der Waals surface area contributed by atoms with Gasteiger partial charge in [-0.2, -0.15) is 0 Å². The van der Waals surface area contributed by atoms with Crippen LogP contribution in [-0.4, -0.2) is 136 Å². The molecule has 12 heteroatoms. The second-order valence-electron chi connectivity index (χ2n) is 13.3. The Hall–Kier alpha value is -3.22. The van der Waals surface area contributed by atoms with Gasteiger partial charge in [-0.05, 0) is 63.9 Å². The molecule has 0 saturated carbocycles. The minimum absolute atomic E-state index is 0.0284. The number of rotatable bonds is 18. The third-order valence-corrected chi connectivity index (χ3v) is 9.94. The zero-order valence-corrected chi connectivity index (χ0v) is 30.3. The lowest BCUT2D eigenvalue weighted by Gasteiger charge is -2.39. The first kappa shape index (κ1) is 40.0. The van der Waals surface area contributed by atoms with Gasteiger partial charge in [0.1, 0.15) is 0 Å². The van der Waals surface area contributed by atoms with Crippen LogP contribution in [-0.2, 0) is 35.1 Å². The molecule has 7 unspecified atom stereocenters. The number of nitrogens with zero attached hydrogens (tertiary/aromatic N) is 4. The predicted octanol–water partition coefficient (Wildman–Crippen LogP) is 2.26. The van der Waals surface area contributed by atoms with Crippen LogP contribution >= 0.6 is 0 Å². The largest absolute Gasteiger partial charge is 0.399 e. The van der Waals surface area contributed by atoms with Crippen LogP contribution in [0.4, 0.5) is 5.69 Å². The summed E-state index contributed by atoms with van der Waals surface area (Å²) in [6, 6.07) is 6.62. The van der Waals surface area contributed by atoms with Crippen molar-refractivity contribution >= 4 is 29.3 Å². The first-order chi connectivity index (χ1) is 22.2. The number of carbonyl (C=O) groups excluding carboxylic acids is 4. The molecular weight excluding hydrogens is 600 g/mol. The first-order valence-corrected chi connectivity index (χ1v) is 16.8. The summed E-state index contributed by atoms with van der Waals surface area (Å²) in [5.74, 6) is -1.06. The Labute approximate surface area is 282 Å². The van der Waals surface area contributed by atoms with E-state index in [1.54, 1.807) is 64.0 Å². The molecule has 7 atom stereocenters. The summed E-state index contributed by atoms with van der Waals surface area (Å²) in [7, 11) is 10.3. The molecule has 4 amide bonds. The van der Waals surface area contributed by atoms with E-state index >= 15 is 0 Å². The number of nitrogens with one attached hydrogen (secondary N) is 1.